The molecule has 0 aliphatic heterocycles. The molecule has 1 amide bonds. The number of nitrogens with zero attached hydrogens (tertiary/aromatic N) is 2. The zero-order valence-electron chi connectivity index (χ0n) is 13.1. The lowest BCUT2D eigenvalue weighted by Gasteiger charge is -2.17. The van der Waals surface area contributed by atoms with Crippen LogP contribution in [0.5, 0.6) is 0 Å². The number of rotatable bonds is 6. The highest BCUT2D eigenvalue weighted by atomic mass is 32.2. The maximum absolute atomic E-state index is 12.4. The number of likely N-dealkylation sites (N-methyl/N-ethyl adjacent to an activating group) is 1. The lowest BCUT2D eigenvalue weighted by Crippen LogP contribution is -2.36. The van der Waals surface area contributed by atoms with Gasteiger partial charge in [0.25, 0.3) is 5.91 Å². The van der Waals surface area contributed by atoms with Crippen molar-refractivity contribution in [2.75, 3.05) is 20.1 Å². The third kappa shape index (κ3) is 4.37. The number of carbonyl (C=O) groups is 1. The number of sulfonamides is 1. The van der Waals surface area contributed by atoms with E-state index in [0.717, 1.165) is 5.56 Å². The minimum atomic E-state index is -3.55. The highest BCUT2D eigenvalue weighted by Gasteiger charge is 2.20. The average Bonchev–Trinajstić information content (AvgIpc) is 2.55. The van der Waals surface area contributed by atoms with Crippen LogP contribution in [0.25, 0.3) is 0 Å². The first-order valence-electron chi connectivity index (χ1n) is 7.12. The number of hydrogen-bond acceptors (Lipinski definition) is 4. The van der Waals surface area contributed by atoms with Gasteiger partial charge in [-0.25, -0.2) is 8.42 Å². The molecule has 7 heteroatoms. The fourth-order valence-electron chi connectivity index (χ4n) is 1.94. The first kappa shape index (κ1) is 17.1. The zero-order valence-corrected chi connectivity index (χ0v) is 13.9. The monoisotopic (exact) mass is 333 g/mol. The molecule has 122 valence electrons. The van der Waals surface area contributed by atoms with E-state index >= 15 is 0 Å². The first-order valence-corrected chi connectivity index (χ1v) is 8.56. The summed E-state index contributed by atoms with van der Waals surface area (Å²) in [6, 6.07) is 9.87. The number of amides is 1. The topological polar surface area (TPSA) is 79.4 Å². The van der Waals surface area contributed by atoms with E-state index in [9.17, 15) is 13.2 Å². The number of nitrogens with one attached hydrogen (secondary N) is 1. The van der Waals surface area contributed by atoms with E-state index in [0.29, 0.717) is 5.56 Å². The van der Waals surface area contributed by atoms with Gasteiger partial charge in [0.15, 0.2) is 0 Å². The fourth-order valence-corrected chi connectivity index (χ4v) is 3.11. The molecule has 1 N–H and O–H groups in total. The van der Waals surface area contributed by atoms with Crippen LogP contribution in [0.15, 0.2) is 53.7 Å². The minimum Gasteiger partial charge on any atom is -0.351 e. The molecule has 0 radical (unpaired) electrons. The Kier molecular flexibility index (Phi) is 5.46. The van der Waals surface area contributed by atoms with Crippen molar-refractivity contribution in [1.29, 1.82) is 0 Å². The van der Waals surface area contributed by atoms with Gasteiger partial charge in [-0.3, -0.25) is 9.78 Å². The van der Waals surface area contributed by atoms with Gasteiger partial charge in [0.2, 0.25) is 10.0 Å². The molecule has 6 nitrogen and oxygen atoms in total. The van der Waals surface area contributed by atoms with E-state index in [4.69, 9.17) is 0 Å². The molecule has 0 aliphatic rings. The smallest absolute Gasteiger partial charge is 0.251 e. The number of aryl methyl sites for hydroxylation is 1. The van der Waals surface area contributed by atoms with E-state index < -0.39 is 10.0 Å². The van der Waals surface area contributed by atoms with Crippen LogP contribution in [0.1, 0.15) is 15.9 Å². The van der Waals surface area contributed by atoms with E-state index in [2.05, 4.69) is 10.3 Å². The number of benzene rings is 1. The van der Waals surface area contributed by atoms with Crippen LogP contribution < -0.4 is 5.32 Å². The van der Waals surface area contributed by atoms with Gasteiger partial charge in [0, 0.05) is 38.1 Å². The Bertz CT molecular complexity index is 759. The van der Waals surface area contributed by atoms with Crippen molar-refractivity contribution in [2.24, 2.45) is 0 Å². The molecule has 0 bridgehead atoms. The maximum atomic E-state index is 12.4. The summed E-state index contributed by atoms with van der Waals surface area (Å²) in [7, 11) is -2.05. The van der Waals surface area contributed by atoms with Crippen LogP contribution in [-0.2, 0) is 10.0 Å². The van der Waals surface area contributed by atoms with Crippen molar-refractivity contribution >= 4 is 15.9 Å². The lowest BCUT2D eigenvalue weighted by atomic mass is 10.2. The Hall–Kier alpha value is -2.25. The Morgan fingerprint density at radius 2 is 1.74 bits per heavy atom. The van der Waals surface area contributed by atoms with Gasteiger partial charge in [-0.1, -0.05) is 17.7 Å². The van der Waals surface area contributed by atoms with Crippen molar-refractivity contribution in [2.45, 2.75) is 11.8 Å². The molecule has 0 saturated carbocycles. The molecule has 1 aromatic carbocycles. The summed E-state index contributed by atoms with van der Waals surface area (Å²) in [6.07, 6.45) is 3.06. The zero-order chi connectivity index (χ0) is 16.9. The van der Waals surface area contributed by atoms with Crippen LogP contribution in [-0.4, -0.2) is 43.8 Å². The molecule has 0 saturated heterocycles. The number of carbonyl (C=O) groups excluding carboxylic acids is 1. The van der Waals surface area contributed by atoms with E-state index in [1.54, 1.807) is 36.4 Å². The number of aromatic nitrogens is 1. The minimum absolute atomic E-state index is 0.188. The van der Waals surface area contributed by atoms with Gasteiger partial charge in [0.05, 0.1) is 4.90 Å². The van der Waals surface area contributed by atoms with Gasteiger partial charge in [-0.15, -0.1) is 0 Å². The standard InChI is InChI=1S/C16H19N3O3S/c1-13-3-5-15(6-4-13)23(21,22)19(2)12-11-18-16(20)14-7-9-17-10-8-14/h3-10H,11-12H2,1-2H3,(H,18,20). The SMILES string of the molecule is Cc1ccc(S(=O)(=O)N(C)CCNC(=O)c2ccncc2)cc1. The van der Waals surface area contributed by atoms with Crippen molar-refractivity contribution in [3.8, 4) is 0 Å². The van der Waals surface area contributed by atoms with Crippen LogP contribution in [0, 0.1) is 6.92 Å². The normalized spacial score (nSPS) is 11.4. The second kappa shape index (κ2) is 7.34. The quantitative estimate of drug-likeness (QED) is 0.867. The summed E-state index contributed by atoms with van der Waals surface area (Å²) in [4.78, 5) is 16.0. The molecule has 0 atom stereocenters. The highest BCUT2D eigenvalue weighted by molar-refractivity contribution is 7.89. The molecule has 23 heavy (non-hydrogen) atoms. The van der Waals surface area contributed by atoms with Crippen LogP contribution in [0.2, 0.25) is 0 Å². The average molecular weight is 333 g/mol. The largest absolute Gasteiger partial charge is 0.351 e. The number of hydrogen-bond donors (Lipinski definition) is 1. The summed E-state index contributed by atoms with van der Waals surface area (Å²) in [5.74, 6) is -0.256. The predicted molar refractivity (Wildman–Crippen MR) is 87.6 cm³/mol. The van der Waals surface area contributed by atoms with Gasteiger partial charge < -0.3 is 5.32 Å². The summed E-state index contributed by atoms with van der Waals surface area (Å²) in [5.41, 5.74) is 1.49. The third-order valence-corrected chi connectivity index (χ3v) is 5.26. The summed E-state index contributed by atoms with van der Waals surface area (Å²) in [5, 5.41) is 2.69. The van der Waals surface area contributed by atoms with Gasteiger partial charge >= 0.3 is 0 Å². The molecule has 0 unspecified atom stereocenters. The lowest BCUT2D eigenvalue weighted by molar-refractivity contribution is 0.0952. The first-order chi connectivity index (χ1) is 10.9. The molecule has 0 aliphatic carbocycles. The van der Waals surface area contributed by atoms with Gasteiger partial charge in [-0.05, 0) is 31.2 Å². The second-order valence-corrected chi connectivity index (χ2v) is 7.18. The van der Waals surface area contributed by atoms with E-state index in [1.165, 1.54) is 23.7 Å². The van der Waals surface area contributed by atoms with Gasteiger partial charge in [-0.2, -0.15) is 4.31 Å². The molecule has 2 aromatic rings. The van der Waals surface area contributed by atoms with Crippen LogP contribution in [0.4, 0.5) is 0 Å². The fraction of sp³-hybridized carbons (Fsp3) is 0.250. The molecule has 1 aromatic heterocycles. The van der Waals surface area contributed by atoms with Crippen molar-refractivity contribution in [3.63, 3.8) is 0 Å². The molecular weight excluding hydrogens is 314 g/mol. The molecule has 0 fully saturated rings. The van der Waals surface area contributed by atoms with Crippen LogP contribution in [0.3, 0.4) is 0 Å². The Balaban J connectivity index is 1.93. The Morgan fingerprint density at radius 3 is 2.35 bits per heavy atom. The molecule has 1 heterocycles. The van der Waals surface area contributed by atoms with Crippen molar-refractivity contribution in [3.05, 3.63) is 59.9 Å². The molecule has 0 spiro atoms. The predicted octanol–water partition coefficient (Wildman–Crippen LogP) is 1.44. The number of pyridine rings is 1. The van der Waals surface area contributed by atoms with Crippen LogP contribution >= 0.6 is 0 Å². The van der Waals surface area contributed by atoms with Crippen molar-refractivity contribution < 1.29 is 13.2 Å². The Morgan fingerprint density at radius 1 is 1.13 bits per heavy atom. The van der Waals surface area contributed by atoms with E-state index in [-0.39, 0.29) is 23.9 Å². The third-order valence-electron chi connectivity index (χ3n) is 3.38. The maximum Gasteiger partial charge on any atom is 0.251 e. The highest BCUT2D eigenvalue weighted by Crippen LogP contribution is 2.14. The molecule has 2 rings (SSSR count). The summed E-state index contributed by atoms with van der Waals surface area (Å²) in [6.45, 7) is 2.31. The molecular formula is C16H19N3O3S. The van der Waals surface area contributed by atoms with E-state index in [1.807, 2.05) is 6.92 Å². The second-order valence-electron chi connectivity index (χ2n) is 5.13. The Labute approximate surface area is 136 Å². The summed E-state index contributed by atoms with van der Waals surface area (Å²) >= 11 is 0. The van der Waals surface area contributed by atoms with Gasteiger partial charge in [0.1, 0.15) is 0 Å². The summed E-state index contributed by atoms with van der Waals surface area (Å²) < 4.78 is 26.0. The van der Waals surface area contributed by atoms with Crippen molar-refractivity contribution in [1.82, 2.24) is 14.6 Å².